The number of rotatable bonds is 5. The molecular formula is C19H15N5O2S2. The van der Waals surface area contributed by atoms with Gasteiger partial charge in [-0.15, -0.1) is 11.3 Å². The summed E-state index contributed by atoms with van der Waals surface area (Å²) in [7, 11) is -1.12. The summed E-state index contributed by atoms with van der Waals surface area (Å²) in [5.74, 6) is -0.331. The van der Waals surface area contributed by atoms with E-state index in [1.165, 1.54) is 16.0 Å². The highest BCUT2D eigenvalue weighted by molar-refractivity contribution is 7.84. The summed E-state index contributed by atoms with van der Waals surface area (Å²) in [6.07, 6.45) is 4.85. The van der Waals surface area contributed by atoms with Crippen molar-refractivity contribution in [3.63, 3.8) is 0 Å². The Kier molecular flexibility index (Phi) is 5.09. The molecule has 1 unspecified atom stereocenters. The number of anilines is 1. The smallest absolute Gasteiger partial charge is 0.276 e. The van der Waals surface area contributed by atoms with E-state index in [4.69, 9.17) is 0 Å². The highest BCUT2D eigenvalue weighted by atomic mass is 32.2. The second-order valence-electron chi connectivity index (χ2n) is 5.79. The van der Waals surface area contributed by atoms with E-state index in [1.54, 1.807) is 42.9 Å². The molecule has 0 spiro atoms. The van der Waals surface area contributed by atoms with Gasteiger partial charge in [-0.1, -0.05) is 12.1 Å². The van der Waals surface area contributed by atoms with Gasteiger partial charge in [-0.25, -0.2) is 9.67 Å². The molecule has 1 amide bonds. The molecule has 0 saturated carbocycles. The lowest BCUT2D eigenvalue weighted by atomic mass is 10.3. The summed E-state index contributed by atoms with van der Waals surface area (Å²) in [6.45, 7) is 0. The van der Waals surface area contributed by atoms with Crippen LogP contribution in [0.1, 0.15) is 10.5 Å². The molecule has 0 fully saturated rings. The molecule has 0 saturated heterocycles. The summed E-state index contributed by atoms with van der Waals surface area (Å²) < 4.78 is 13.2. The highest BCUT2D eigenvalue weighted by Gasteiger charge is 2.16. The minimum atomic E-state index is -1.12. The Morgan fingerprint density at radius 2 is 2.00 bits per heavy atom. The van der Waals surface area contributed by atoms with Crippen LogP contribution < -0.4 is 5.32 Å². The van der Waals surface area contributed by atoms with Gasteiger partial charge in [0, 0.05) is 33.5 Å². The first-order chi connectivity index (χ1) is 13.6. The minimum absolute atomic E-state index is 0.331. The zero-order valence-electron chi connectivity index (χ0n) is 14.8. The molecule has 3 aromatic heterocycles. The fourth-order valence-electron chi connectivity index (χ4n) is 2.60. The van der Waals surface area contributed by atoms with Crippen LogP contribution >= 0.6 is 11.3 Å². The normalized spacial score (nSPS) is 11.9. The van der Waals surface area contributed by atoms with Crippen molar-refractivity contribution in [2.24, 2.45) is 0 Å². The van der Waals surface area contributed by atoms with Crippen molar-refractivity contribution in [1.82, 2.24) is 19.7 Å². The third-order valence-corrected chi connectivity index (χ3v) is 5.60. The monoisotopic (exact) mass is 409 g/mol. The van der Waals surface area contributed by atoms with Gasteiger partial charge in [-0.3, -0.25) is 19.3 Å². The van der Waals surface area contributed by atoms with Crippen molar-refractivity contribution >= 4 is 33.2 Å². The van der Waals surface area contributed by atoms with Crippen molar-refractivity contribution < 1.29 is 9.00 Å². The Hall–Kier alpha value is -3.17. The number of carbonyl (C=O) groups excluding carboxylic acids is 1. The van der Waals surface area contributed by atoms with Crippen molar-refractivity contribution in [3.8, 4) is 17.1 Å². The third-order valence-electron chi connectivity index (χ3n) is 3.92. The van der Waals surface area contributed by atoms with Gasteiger partial charge in [0.1, 0.15) is 11.4 Å². The molecule has 1 aromatic carbocycles. The lowest BCUT2D eigenvalue weighted by Gasteiger charge is -2.08. The fourth-order valence-corrected chi connectivity index (χ4v) is 3.86. The topological polar surface area (TPSA) is 89.8 Å². The molecule has 140 valence electrons. The van der Waals surface area contributed by atoms with Crippen LogP contribution in [-0.2, 0) is 10.8 Å². The van der Waals surface area contributed by atoms with Gasteiger partial charge in [0.25, 0.3) is 5.91 Å². The molecule has 0 radical (unpaired) electrons. The zero-order valence-corrected chi connectivity index (χ0v) is 16.4. The largest absolute Gasteiger partial charge is 0.296 e. The number of pyridine rings is 1. The van der Waals surface area contributed by atoms with Gasteiger partial charge in [-0.2, -0.15) is 5.10 Å². The molecule has 9 heteroatoms. The first-order valence-corrected chi connectivity index (χ1v) is 10.7. The summed E-state index contributed by atoms with van der Waals surface area (Å²) in [6, 6.07) is 14.3. The number of aromatic nitrogens is 4. The van der Waals surface area contributed by atoms with E-state index in [-0.39, 0.29) is 5.91 Å². The number of nitrogens with zero attached hydrogens (tertiary/aromatic N) is 4. The first kappa shape index (κ1) is 18.2. The Labute approximate surface area is 167 Å². The van der Waals surface area contributed by atoms with Crippen LogP contribution in [0.5, 0.6) is 0 Å². The maximum atomic E-state index is 12.8. The van der Waals surface area contributed by atoms with E-state index in [9.17, 15) is 9.00 Å². The van der Waals surface area contributed by atoms with E-state index < -0.39 is 10.8 Å². The van der Waals surface area contributed by atoms with Gasteiger partial charge in [0.2, 0.25) is 0 Å². The van der Waals surface area contributed by atoms with Crippen molar-refractivity contribution in [1.29, 1.82) is 0 Å². The molecule has 1 N–H and O–H groups in total. The van der Waals surface area contributed by atoms with E-state index in [0.717, 1.165) is 5.69 Å². The molecule has 0 aliphatic heterocycles. The van der Waals surface area contributed by atoms with E-state index in [2.05, 4.69) is 20.4 Å². The molecule has 28 heavy (non-hydrogen) atoms. The van der Waals surface area contributed by atoms with Gasteiger partial charge < -0.3 is 0 Å². The summed E-state index contributed by atoms with van der Waals surface area (Å²) in [5, 5.41) is 9.35. The summed E-state index contributed by atoms with van der Waals surface area (Å²) in [4.78, 5) is 22.1. The third kappa shape index (κ3) is 3.75. The number of carbonyl (C=O) groups is 1. The Balaban J connectivity index is 1.58. The predicted molar refractivity (Wildman–Crippen MR) is 109 cm³/mol. The quantitative estimate of drug-likeness (QED) is 0.546. The second kappa shape index (κ2) is 7.83. The number of benzene rings is 1. The fraction of sp³-hybridized carbons (Fsp3) is 0.0526. The van der Waals surface area contributed by atoms with Gasteiger partial charge in [-0.05, 0) is 36.4 Å². The zero-order chi connectivity index (χ0) is 19.5. The molecule has 1 atom stereocenters. The first-order valence-electron chi connectivity index (χ1n) is 8.28. The lowest BCUT2D eigenvalue weighted by Crippen LogP contribution is -2.17. The van der Waals surface area contributed by atoms with Crippen LogP contribution in [0.15, 0.2) is 71.2 Å². The highest BCUT2D eigenvalue weighted by Crippen LogP contribution is 2.24. The van der Waals surface area contributed by atoms with Crippen LogP contribution in [0.25, 0.3) is 17.1 Å². The number of thiazole rings is 1. The molecule has 0 bridgehead atoms. The van der Waals surface area contributed by atoms with Crippen LogP contribution in [0.2, 0.25) is 0 Å². The van der Waals surface area contributed by atoms with Gasteiger partial charge >= 0.3 is 0 Å². The van der Waals surface area contributed by atoms with Crippen LogP contribution in [0.4, 0.5) is 5.13 Å². The lowest BCUT2D eigenvalue weighted by molar-refractivity contribution is 0.101. The summed E-state index contributed by atoms with van der Waals surface area (Å²) >= 11 is 1.33. The van der Waals surface area contributed by atoms with Crippen LogP contribution in [0.3, 0.4) is 0 Å². The second-order valence-corrected chi connectivity index (χ2v) is 8.02. The average molecular weight is 409 g/mol. The molecule has 7 nitrogen and oxygen atoms in total. The van der Waals surface area contributed by atoms with Crippen LogP contribution in [0, 0.1) is 0 Å². The number of nitrogens with one attached hydrogen (secondary N) is 1. The maximum Gasteiger partial charge on any atom is 0.276 e. The number of hydrogen-bond acceptors (Lipinski definition) is 6. The molecule has 0 aliphatic rings. The molecule has 4 rings (SSSR count). The maximum absolute atomic E-state index is 12.8. The molecule has 3 heterocycles. The molecular weight excluding hydrogens is 394 g/mol. The van der Waals surface area contributed by atoms with E-state index >= 15 is 0 Å². The van der Waals surface area contributed by atoms with E-state index in [0.29, 0.717) is 27.1 Å². The Bertz CT molecular complexity index is 1150. The minimum Gasteiger partial charge on any atom is -0.296 e. The van der Waals surface area contributed by atoms with Gasteiger partial charge in [0.15, 0.2) is 5.13 Å². The van der Waals surface area contributed by atoms with Gasteiger partial charge in [0.05, 0.1) is 17.6 Å². The SMILES string of the molecule is CS(=O)c1cccc(-n2nccc2C(=O)Nc2nc(-c3ccccn3)cs2)c1. The van der Waals surface area contributed by atoms with Crippen molar-refractivity contribution in [3.05, 3.63) is 72.0 Å². The average Bonchev–Trinajstić information content (AvgIpc) is 3.38. The van der Waals surface area contributed by atoms with E-state index in [1.807, 2.05) is 29.6 Å². The van der Waals surface area contributed by atoms with Crippen molar-refractivity contribution in [2.45, 2.75) is 4.90 Å². The predicted octanol–water partition coefficient (Wildman–Crippen LogP) is 3.38. The standard InChI is InChI=1S/C19H15N5O2S2/c1-28(26)14-6-4-5-13(11-14)24-17(8-10-21-24)18(25)23-19-22-16(12-27-19)15-7-2-3-9-20-15/h2-12H,1H3,(H,22,23,25). The number of hydrogen-bond donors (Lipinski definition) is 1. The molecule has 4 aromatic rings. The Morgan fingerprint density at radius 3 is 2.79 bits per heavy atom. The van der Waals surface area contributed by atoms with Crippen molar-refractivity contribution in [2.75, 3.05) is 11.6 Å². The number of amides is 1. The van der Waals surface area contributed by atoms with Crippen LogP contribution in [-0.4, -0.2) is 36.1 Å². The molecule has 0 aliphatic carbocycles. The summed E-state index contributed by atoms with van der Waals surface area (Å²) in [5.41, 5.74) is 2.46. The Morgan fingerprint density at radius 1 is 1.11 bits per heavy atom.